The molecule has 0 saturated heterocycles. The zero-order chi connectivity index (χ0) is 14.4. The fraction of sp³-hybridized carbons (Fsp3) is 0.765. The number of rotatable bonds is 3. The Kier molecular flexibility index (Phi) is 3.70. The van der Waals surface area contributed by atoms with Gasteiger partial charge in [-0.2, -0.15) is 11.8 Å². The first-order valence-electron chi connectivity index (χ1n) is 7.93. The highest BCUT2D eigenvalue weighted by atomic mass is 32.2. The van der Waals surface area contributed by atoms with Gasteiger partial charge in [-0.15, -0.1) is 0 Å². The Morgan fingerprint density at radius 3 is 2.70 bits per heavy atom. The van der Waals surface area contributed by atoms with E-state index in [-0.39, 0.29) is 6.04 Å². The molecule has 0 aromatic carbocycles. The molecule has 2 nitrogen and oxygen atoms in total. The third-order valence-corrected chi connectivity index (χ3v) is 6.74. The van der Waals surface area contributed by atoms with Crippen LogP contribution in [0, 0.1) is 5.41 Å². The first kappa shape index (κ1) is 14.5. The second-order valence-electron chi connectivity index (χ2n) is 7.59. The van der Waals surface area contributed by atoms with Crippen molar-refractivity contribution in [2.75, 3.05) is 6.26 Å². The van der Waals surface area contributed by atoms with E-state index in [4.69, 9.17) is 5.73 Å². The van der Waals surface area contributed by atoms with Crippen LogP contribution in [0.1, 0.15) is 63.3 Å². The number of nitrogens with two attached hydrogens (primary N) is 1. The van der Waals surface area contributed by atoms with Gasteiger partial charge in [0.2, 0.25) is 0 Å². The lowest BCUT2D eigenvalue weighted by Gasteiger charge is -2.36. The molecule has 1 unspecified atom stereocenters. The predicted octanol–water partition coefficient (Wildman–Crippen LogP) is 4.14. The van der Waals surface area contributed by atoms with Crippen molar-refractivity contribution in [3.8, 4) is 0 Å². The Morgan fingerprint density at radius 2 is 2.05 bits per heavy atom. The smallest absolute Gasteiger partial charge is 0.0369 e. The largest absolute Gasteiger partial charge is 0.350 e. The molecule has 0 amide bonds. The second kappa shape index (κ2) is 5.10. The first-order chi connectivity index (χ1) is 9.45. The summed E-state index contributed by atoms with van der Waals surface area (Å²) in [5, 5.41) is 0. The minimum absolute atomic E-state index is 0.226. The lowest BCUT2D eigenvalue weighted by molar-refractivity contribution is 0.273. The lowest BCUT2D eigenvalue weighted by atomic mass is 9.74. The SMILES string of the molecule is CSC1(Cn2ccc3c2CC(C)(C)CC3N)CCCC1. The van der Waals surface area contributed by atoms with Crippen molar-refractivity contribution in [3.63, 3.8) is 0 Å². The van der Waals surface area contributed by atoms with Gasteiger partial charge in [0.15, 0.2) is 0 Å². The van der Waals surface area contributed by atoms with Gasteiger partial charge in [0.1, 0.15) is 0 Å². The molecule has 1 aromatic rings. The summed E-state index contributed by atoms with van der Waals surface area (Å²) in [6.45, 7) is 5.88. The van der Waals surface area contributed by atoms with E-state index in [1.807, 2.05) is 0 Å². The van der Waals surface area contributed by atoms with Crippen LogP contribution in [0.5, 0.6) is 0 Å². The van der Waals surface area contributed by atoms with Crippen molar-refractivity contribution in [2.45, 2.75) is 69.7 Å². The average Bonchev–Trinajstić information content (AvgIpc) is 2.97. The van der Waals surface area contributed by atoms with Crippen molar-refractivity contribution >= 4 is 11.8 Å². The molecule has 20 heavy (non-hydrogen) atoms. The summed E-state index contributed by atoms with van der Waals surface area (Å²) in [5.74, 6) is 0. The Balaban J connectivity index is 1.89. The van der Waals surface area contributed by atoms with Gasteiger partial charge in [0.05, 0.1) is 0 Å². The normalized spacial score (nSPS) is 27.5. The quantitative estimate of drug-likeness (QED) is 0.908. The maximum Gasteiger partial charge on any atom is 0.0369 e. The maximum absolute atomic E-state index is 6.39. The lowest BCUT2D eigenvalue weighted by Crippen LogP contribution is -2.33. The summed E-state index contributed by atoms with van der Waals surface area (Å²) >= 11 is 2.08. The maximum atomic E-state index is 6.39. The molecule has 0 bridgehead atoms. The zero-order valence-electron chi connectivity index (χ0n) is 13.1. The van der Waals surface area contributed by atoms with Crippen LogP contribution in [0.4, 0.5) is 0 Å². The number of nitrogens with zero attached hydrogens (tertiary/aromatic N) is 1. The molecule has 0 spiro atoms. The Bertz CT molecular complexity index is 483. The molecule has 3 heteroatoms. The van der Waals surface area contributed by atoms with E-state index >= 15 is 0 Å². The highest BCUT2D eigenvalue weighted by Crippen LogP contribution is 2.44. The summed E-state index contributed by atoms with van der Waals surface area (Å²) in [7, 11) is 0. The van der Waals surface area contributed by atoms with Crippen molar-refractivity contribution in [2.24, 2.45) is 11.1 Å². The molecule has 1 atom stereocenters. The summed E-state index contributed by atoms with van der Waals surface area (Å²) in [4.78, 5) is 0. The highest BCUT2D eigenvalue weighted by molar-refractivity contribution is 8.00. The van der Waals surface area contributed by atoms with Crippen molar-refractivity contribution in [1.82, 2.24) is 4.57 Å². The summed E-state index contributed by atoms with van der Waals surface area (Å²) in [6, 6.07) is 2.50. The van der Waals surface area contributed by atoms with Crippen LogP contribution in [-0.4, -0.2) is 15.6 Å². The van der Waals surface area contributed by atoms with Crippen LogP contribution in [0.15, 0.2) is 12.3 Å². The van der Waals surface area contributed by atoms with Crippen molar-refractivity contribution in [1.29, 1.82) is 0 Å². The third kappa shape index (κ3) is 2.55. The van der Waals surface area contributed by atoms with Crippen LogP contribution >= 0.6 is 11.8 Å². The van der Waals surface area contributed by atoms with E-state index in [9.17, 15) is 0 Å². The number of fused-ring (bicyclic) bond motifs is 1. The van der Waals surface area contributed by atoms with E-state index in [1.165, 1.54) is 49.9 Å². The van der Waals surface area contributed by atoms with Gasteiger partial charge in [-0.05, 0) is 49.0 Å². The molecule has 3 rings (SSSR count). The average molecular weight is 292 g/mol. The van der Waals surface area contributed by atoms with Gasteiger partial charge in [-0.3, -0.25) is 0 Å². The number of hydrogen-bond donors (Lipinski definition) is 1. The molecule has 0 aliphatic heterocycles. The standard InChI is InChI=1S/C17H28N2S/c1-16(2)10-14(18)13-6-9-19(15(13)11-16)12-17(20-3)7-4-5-8-17/h6,9,14H,4-5,7-8,10-12,18H2,1-3H3. The van der Waals surface area contributed by atoms with Crippen LogP contribution in [0.2, 0.25) is 0 Å². The molecule has 1 heterocycles. The molecule has 0 radical (unpaired) electrons. The van der Waals surface area contributed by atoms with E-state index in [0.29, 0.717) is 10.2 Å². The second-order valence-corrected chi connectivity index (χ2v) is 8.87. The Labute approximate surface area is 127 Å². The van der Waals surface area contributed by atoms with E-state index < -0.39 is 0 Å². The molecular formula is C17H28N2S. The molecule has 2 aliphatic carbocycles. The fourth-order valence-corrected chi connectivity index (χ4v) is 5.16. The molecular weight excluding hydrogens is 264 g/mol. The number of hydrogen-bond acceptors (Lipinski definition) is 2. The molecule has 1 saturated carbocycles. The van der Waals surface area contributed by atoms with Gasteiger partial charge < -0.3 is 10.3 Å². The van der Waals surface area contributed by atoms with Gasteiger partial charge in [-0.1, -0.05) is 26.7 Å². The monoisotopic (exact) mass is 292 g/mol. The number of thioether (sulfide) groups is 1. The highest BCUT2D eigenvalue weighted by Gasteiger charge is 2.36. The Hall–Kier alpha value is -0.410. The van der Waals surface area contributed by atoms with Crippen LogP contribution in [0.3, 0.4) is 0 Å². The summed E-state index contributed by atoms with van der Waals surface area (Å²) in [5.41, 5.74) is 9.64. The van der Waals surface area contributed by atoms with E-state index in [2.05, 4.69) is 48.7 Å². The van der Waals surface area contributed by atoms with E-state index in [0.717, 1.165) is 6.42 Å². The summed E-state index contributed by atoms with van der Waals surface area (Å²) in [6.07, 6.45) is 12.4. The number of aromatic nitrogens is 1. The van der Waals surface area contributed by atoms with Crippen LogP contribution in [-0.2, 0) is 13.0 Å². The molecule has 1 fully saturated rings. The van der Waals surface area contributed by atoms with Crippen LogP contribution in [0.25, 0.3) is 0 Å². The minimum Gasteiger partial charge on any atom is -0.350 e. The van der Waals surface area contributed by atoms with Crippen LogP contribution < -0.4 is 5.73 Å². The first-order valence-corrected chi connectivity index (χ1v) is 9.16. The van der Waals surface area contributed by atoms with Gasteiger partial charge >= 0.3 is 0 Å². The van der Waals surface area contributed by atoms with Gasteiger partial charge in [0.25, 0.3) is 0 Å². The van der Waals surface area contributed by atoms with Gasteiger partial charge in [-0.25, -0.2) is 0 Å². The summed E-state index contributed by atoms with van der Waals surface area (Å²) < 4.78 is 3.00. The van der Waals surface area contributed by atoms with E-state index in [1.54, 1.807) is 0 Å². The predicted molar refractivity (Wildman–Crippen MR) is 88.2 cm³/mol. The topological polar surface area (TPSA) is 30.9 Å². The molecule has 112 valence electrons. The third-order valence-electron chi connectivity index (χ3n) is 5.34. The molecule has 2 aliphatic rings. The Morgan fingerprint density at radius 1 is 1.35 bits per heavy atom. The fourth-order valence-electron chi connectivity index (χ4n) is 4.20. The zero-order valence-corrected chi connectivity index (χ0v) is 13.9. The molecule has 1 aromatic heterocycles. The van der Waals surface area contributed by atoms with Crippen molar-refractivity contribution in [3.05, 3.63) is 23.5 Å². The van der Waals surface area contributed by atoms with Crippen molar-refractivity contribution < 1.29 is 0 Å². The van der Waals surface area contributed by atoms with Gasteiger partial charge in [0, 0.05) is 29.2 Å². The molecule has 2 N–H and O–H groups in total. The minimum atomic E-state index is 0.226.